The second-order valence-electron chi connectivity index (χ2n) is 5.62. The van der Waals surface area contributed by atoms with Crippen molar-refractivity contribution < 1.29 is 9.21 Å². The quantitative estimate of drug-likeness (QED) is 0.250. The molecule has 0 aliphatic rings. The van der Waals surface area contributed by atoms with Crippen LogP contribution in [0.4, 0.5) is 0 Å². The van der Waals surface area contributed by atoms with Gasteiger partial charge in [-0.05, 0) is 24.1 Å². The largest absolute Gasteiger partial charge is 0.461 e. The molecular weight excluding hydrogens is 302 g/mol. The number of carbonyl (C=O) groups excluding carboxylic acids is 1. The molecule has 0 fully saturated rings. The summed E-state index contributed by atoms with van der Waals surface area (Å²) in [4.78, 5) is 15.1. The van der Waals surface area contributed by atoms with Crippen molar-refractivity contribution in [3.05, 3.63) is 82.4 Å². The monoisotopic (exact) mass is 319 g/mol. The normalized spacial score (nSPS) is 11.8. The summed E-state index contributed by atoms with van der Waals surface area (Å²) in [5, 5.41) is 4.69. The van der Waals surface area contributed by atoms with Crippen LogP contribution in [0.25, 0.3) is 21.4 Å². The number of nitrogens with zero attached hydrogens (tertiary/aromatic N) is 3. The van der Waals surface area contributed by atoms with E-state index < -0.39 is 0 Å². The Morgan fingerprint density at radius 2 is 1.88 bits per heavy atom. The Bertz CT molecular complexity index is 847. The van der Waals surface area contributed by atoms with Crippen molar-refractivity contribution in [2.75, 3.05) is 6.54 Å². The summed E-state index contributed by atoms with van der Waals surface area (Å²) in [5.41, 5.74) is 10.1. The molecule has 0 saturated heterocycles. The van der Waals surface area contributed by atoms with Crippen LogP contribution >= 0.6 is 0 Å². The van der Waals surface area contributed by atoms with Crippen LogP contribution in [0.2, 0.25) is 0 Å². The van der Waals surface area contributed by atoms with Crippen LogP contribution in [0.3, 0.4) is 0 Å². The Hall–Kier alpha value is -3.04. The van der Waals surface area contributed by atoms with Gasteiger partial charge in [0.05, 0.1) is 0 Å². The first kappa shape index (κ1) is 15.8. The molecule has 1 unspecified atom stereocenters. The van der Waals surface area contributed by atoms with E-state index in [0.717, 1.165) is 16.7 Å². The van der Waals surface area contributed by atoms with Gasteiger partial charge in [-0.1, -0.05) is 53.6 Å². The highest BCUT2D eigenvalue weighted by molar-refractivity contribution is 5.96. The van der Waals surface area contributed by atoms with Gasteiger partial charge in [-0.25, -0.2) is 0 Å². The fourth-order valence-electron chi connectivity index (χ4n) is 2.74. The molecule has 1 atom stereocenters. The van der Waals surface area contributed by atoms with Crippen molar-refractivity contribution in [2.24, 2.45) is 5.11 Å². The fourth-order valence-corrected chi connectivity index (χ4v) is 2.74. The molecular formula is C19H17N3O2. The molecule has 3 aromatic rings. The van der Waals surface area contributed by atoms with Crippen LogP contribution in [0.5, 0.6) is 0 Å². The van der Waals surface area contributed by atoms with E-state index in [-0.39, 0.29) is 18.2 Å². The van der Waals surface area contributed by atoms with Gasteiger partial charge in [-0.2, -0.15) is 0 Å². The van der Waals surface area contributed by atoms with Gasteiger partial charge in [0, 0.05) is 34.7 Å². The Labute approximate surface area is 139 Å². The number of azide groups is 1. The second kappa shape index (κ2) is 7.49. The Kier molecular flexibility index (Phi) is 4.94. The first-order valence-electron chi connectivity index (χ1n) is 7.85. The van der Waals surface area contributed by atoms with Crippen LogP contribution in [0.1, 0.15) is 34.9 Å². The van der Waals surface area contributed by atoms with Crippen molar-refractivity contribution in [2.45, 2.75) is 18.8 Å². The van der Waals surface area contributed by atoms with Gasteiger partial charge in [-0.3, -0.25) is 4.79 Å². The van der Waals surface area contributed by atoms with Crippen molar-refractivity contribution in [3.63, 3.8) is 0 Å². The zero-order valence-corrected chi connectivity index (χ0v) is 13.1. The molecule has 0 spiro atoms. The standard InChI is InChI=1S/C19H17N3O2/c20-22-21-13-16(10-11-17(23)14-6-2-1-3-7-14)19-12-15-8-4-5-9-18(15)24-19/h1-9,12,16H,10-11,13H2. The van der Waals surface area contributed by atoms with Gasteiger partial charge in [0.2, 0.25) is 0 Å². The number of hydrogen-bond donors (Lipinski definition) is 0. The molecule has 120 valence electrons. The predicted octanol–water partition coefficient (Wildman–Crippen LogP) is 5.49. The third kappa shape index (κ3) is 3.65. The molecule has 0 aliphatic carbocycles. The number of fused-ring (bicyclic) bond motifs is 1. The zero-order chi connectivity index (χ0) is 16.8. The lowest BCUT2D eigenvalue weighted by molar-refractivity contribution is 0.0977. The maximum absolute atomic E-state index is 12.3. The SMILES string of the molecule is [N-]=[N+]=NCC(CCC(=O)c1ccccc1)c1cc2ccccc2o1. The molecule has 1 aromatic heterocycles. The summed E-state index contributed by atoms with van der Waals surface area (Å²) in [6, 6.07) is 18.9. The minimum atomic E-state index is -0.110. The maximum Gasteiger partial charge on any atom is 0.162 e. The number of benzene rings is 2. The number of Topliss-reactive ketones (excluding diaryl/α,β-unsaturated/α-hetero) is 1. The van der Waals surface area contributed by atoms with E-state index in [0.29, 0.717) is 18.4 Å². The molecule has 0 bridgehead atoms. The van der Waals surface area contributed by atoms with E-state index in [1.807, 2.05) is 60.7 Å². The average molecular weight is 319 g/mol. The molecule has 3 rings (SSSR count). The molecule has 0 aliphatic heterocycles. The lowest BCUT2D eigenvalue weighted by Crippen LogP contribution is -2.06. The number of para-hydroxylation sites is 1. The third-order valence-corrected chi connectivity index (χ3v) is 4.03. The minimum absolute atomic E-state index is 0.0812. The van der Waals surface area contributed by atoms with E-state index in [1.54, 1.807) is 0 Å². The van der Waals surface area contributed by atoms with E-state index in [2.05, 4.69) is 10.0 Å². The number of ketones is 1. The lowest BCUT2D eigenvalue weighted by atomic mass is 9.96. The number of furan rings is 1. The van der Waals surface area contributed by atoms with Crippen LogP contribution in [-0.4, -0.2) is 12.3 Å². The van der Waals surface area contributed by atoms with Gasteiger partial charge in [0.15, 0.2) is 5.78 Å². The second-order valence-corrected chi connectivity index (χ2v) is 5.62. The summed E-state index contributed by atoms with van der Waals surface area (Å²) in [6.45, 7) is 0.276. The van der Waals surface area contributed by atoms with Crippen molar-refractivity contribution in [1.82, 2.24) is 0 Å². The molecule has 5 nitrogen and oxygen atoms in total. The molecule has 0 N–H and O–H groups in total. The number of carbonyl (C=O) groups is 1. The molecule has 0 saturated carbocycles. The highest BCUT2D eigenvalue weighted by Crippen LogP contribution is 2.29. The van der Waals surface area contributed by atoms with Crippen molar-refractivity contribution >= 4 is 16.8 Å². The van der Waals surface area contributed by atoms with E-state index >= 15 is 0 Å². The minimum Gasteiger partial charge on any atom is -0.461 e. The van der Waals surface area contributed by atoms with Crippen LogP contribution in [0, 0.1) is 0 Å². The molecule has 5 heteroatoms. The predicted molar refractivity (Wildman–Crippen MR) is 93.0 cm³/mol. The smallest absolute Gasteiger partial charge is 0.162 e. The van der Waals surface area contributed by atoms with Crippen molar-refractivity contribution in [1.29, 1.82) is 0 Å². The summed E-state index contributed by atoms with van der Waals surface area (Å²) < 4.78 is 5.87. The Morgan fingerprint density at radius 3 is 2.62 bits per heavy atom. The van der Waals surface area contributed by atoms with Crippen molar-refractivity contribution in [3.8, 4) is 0 Å². The first-order valence-corrected chi connectivity index (χ1v) is 7.85. The van der Waals surface area contributed by atoms with Gasteiger partial charge in [-0.15, -0.1) is 0 Å². The van der Waals surface area contributed by atoms with E-state index in [1.165, 1.54) is 0 Å². The Morgan fingerprint density at radius 1 is 1.12 bits per heavy atom. The first-order chi connectivity index (χ1) is 11.8. The molecule has 1 heterocycles. The topological polar surface area (TPSA) is 79.0 Å². The average Bonchev–Trinajstić information content (AvgIpc) is 3.06. The molecule has 2 aromatic carbocycles. The van der Waals surface area contributed by atoms with E-state index in [9.17, 15) is 4.79 Å². The molecule has 24 heavy (non-hydrogen) atoms. The lowest BCUT2D eigenvalue weighted by Gasteiger charge is -2.11. The van der Waals surface area contributed by atoms with E-state index in [4.69, 9.17) is 9.95 Å². The van der Waals surface area contributed by atoms with Crippen LogP contribution in [-0.2, 0) is 0 Å². The molecule has 0 radical (unpaired) electrons. The highest BCUT2D eigenvalue weighted by Gasteiger charge is 2.18. The summed E-state index contributed by atoms with van der Waals surface area (Å²) in [5.74, 6) is 0.725. The molecule has 0 amide bonds. The Balaban J connectivity index is 1.76. The van der Waals surface area contributed by atoms with Gasteiger partial charge < -0.3 is 4.42 Å². The summed E-state index contributed by atoms with van der Waals surface area (Å²) in [6.07, 6.45) is 0.958. The zero-order valence-electron chi connectivity index (χ0n) is 13.1. The van der Waals surface area contributed by atoms with Gasteiger partial charge >= 0.3 is 0 Å². The summed E-state index contributed by atoms with van der Waals surface area (Å²) in [7, 11) is 0. The maximum atomic E-state index is 12.3. The van der Waals surface area contributed by atoms with Crippen LogP contribution < -0.4 is 0 Å². The van der Waals surface area contributed by atoms with Gasteiger partial charge in [0.25, 0.3) is 0 Å². The highest BCUT2D eigenvalue weighted by atomic mass is 16.3. The third-order valence-electron chi connectivity index (χ3n) is 4.03. The number of rotatable bonds is 7. The number of hydrogen-bond acceptors (Lipinski definition) is 3. The summed E-state index contributed by atoms with van der Waals surface area (Å²) >= 11 is 0. The van der Waals surface area contributed by atoms with Crippen LogP contribution in [0.15, 0.2) is 70.2 Å². The fraction of sp³-hybridized carbons (Fsp3) is 0.211. The van der Waals surface area contributed by atoms with Gasteiger partial charge in [0.1, 0.15) is 11.3 Å².